The van der Waals surface area contributed by atoms with E-state index in [9.17, 15) is 0 Å². The molecule has 6 heteroatoms. The molecule has 1 atom stereocenters. The molecule has 0 bridgehead atoms. The van der Waals surface area contributed by atoms with Gasteiger partial charge in [0.05, 0.1) is 11.7 Å². The van der Waals surface area contributed by atoms with E-state index < -0.39 is 0 Å². The van der Waals surface area contributed by atoms with Crippen LogP contribution in [0.25, 0.3) is 22.1 Å². The highest BCUT2D eigenvalue weighted by Crippen LogP contribution is 2.21. The molecule has 1 aromatic carbocycles. The summed E-state index contributed by atoms with van der Waals surface area (Å²) in [6.45, 7) is 7.34. The van der Waals surface area contributed by atoms with Gasteiger partial charge in [0, 0.05) is 17.2 Å². The van der Waals surface area contributed by atoms with Gasteiger partial charge in [-0.25, -0.2) is 0 Å². The molecule has 122 valence electrons. The third-order valence-corrected chi connectivity index (χ3v) is 4.49. The normalized spacial score (nSPS) is 13.2. The van der Waals surface area contributed by atoms with Crippen LogP contribution in [-0.4, -0.2) is 25.1 Å². The summed E-state index contributed by atoms with van der Waals surface area (Å²) in [4.78, 5) is 6.36. The van der Waals surface area contributed by atoms with Crippen LogP contribution in [0.2, 0.25) is 0 Å². The van der Waals surface area contributed by atoms with Crippen LogP contribution in [0, 0.1) is 0 Å². The Morgan fingerprint density at radius 1 is 1.08 bits per heavy atom. The van der Waals surface area contributed by atoms with Crippen molar-refractivity contribution in [2.75, 3.05) is 0 Å². The molecule has 0 aliphatic rings. The second kappa shape index (κ2) is 5.70. The molecule has 6 nitrogen and oxygen atoms in total. The summed E-state index contributed by atoms with van der Waals surface area (Å²) in [6, 6.07) is 8.54. The monoisotopic (exact) mass is 321 g/mol. The summed E-state index contributed by atoms with van der Waals surface area (Å²) >= 11 is 0. The SMILES string of the molecule is CC(C)c1ccc2[nH+]n(CC(C)c3cnc4cn[nH]c4c3)nc2c1. The Morgan fingerprint density at radius 2 is 1.96 bits per heavy atom. The van der Waals surface area contributed by atoms with Crippen LogP contribution in [0.4, 0.5) is 0 Å². The fourth-order valence-electron chi connectivity index (χ4n) is 2.95. The number of aromatic nitrogens is 6. The molecule has 0 radical (unpaired) electrons. The lowest BCUT2D eigenvalue weighted by Gasteiger charge is -2.08. The maximum atomic E-state index is 4.69. The van der Waals surface area contributed by atoms with Crippen molar-refractivity contribution < 1.29 is 5.10 Å². The van der Waals surface area contributed by atoms with Crippen LogP contribution in [0.1, 0.15) is 43.7 Å². The van der Waals surface area contributed by atoms with Crippen molar-refractivity contribution in [3.8, 4) is 0 Å². The lowest BCUT2D eigenvalue weighted by atomic mass is 10.0. The van der Waals surface area contributed by atoms with Crippen LogP contribution in [-0.2, 0) is 6.54 Å². The first-order valence-electron chi connectivity index (χ1n) is 8.29. The second-order valence-electron chi connectivity index (χ2n) is 6.70. The van der Waals surface area contributed by atoms with E-state index in [2.05, 4.69) is 65.3 Å². The molecule has 0 amide bonds. The van der Waals surface area contributed by atoms with E-state index in [0.29, 0.717) is 11.8 Å². The van der Waals surface area contributed by atoms with E-state index in [0.717, 1.165) is 28.6 Å². The standard InChI is InChI=1S/C18H20N6/c1-11(2)13-4-5-15-17(6-13)23-24(22-15)10-12(3)14-7-16-18(19-8-14)9-20-21-16/h4-9,11-12H,10H2,1-3H3,(H,20,21)/p+1. The van der Waals surface area contributed by atoms with Crippen LogP contribution in [0.3, 0.4) is 0 Å². The van der Waals surface area contributed by atoms with E-state index in [1.165, 1.54) is 11.1 Å². The van der Waals surface area contributed by atoms with Gasteiger partial charge in [-0.15, -0.1) is 0 Å². The lowest BCUT2D eigenvalue weighted by molar-refractivity contribution is -0.472. The van der Waals surface area contributed by atoms with Crippen molar-refractivity contribution in [3.63, 3.8) is 0 Å². The number of H-pyrrole nitrogens is 2. The summed E-state index contributed by atoms with van der Waals surface area (Å²) in [5.74, 6) is 0.797. The Hall–Kier alpha value is -2.76. The van der Waals surface area contributed by atoms with Gasteiger partial charge >= 0.3 is 0 Å². The number of nitrogens with zero attached hydrogens (tertiary/aromatic N) is 4. The quantitative estimate of drug-likeness (QED) is 0.628. The second-order valence-corrected chi connectivity index (χ2v) is 6.70. The van der Waals surface area contributed by atoms with Gasteiger partial charge in [0.1, 0.15) is 12.1 Å². The Bertz CT molecular complexity index is 997. The Morgan fingerprint density at radius 3 is 2.79 bits per heavy atom. The molecular weight excluding hydrogens is 300 g/mol. The van der Waals surface area contributed by atoms with E-state index >= 15 is 0 Å². The van der Waals surface area contributed by atoms with Gasteiger partial charge in [0.25, 0.3) is 0 Å². The zero-order valence-corrected chi connectivity index (χ0v) is 14.1. The van der Waals surface area contributed by atoms with E-state index in [-0.39, 0.29) is 0 Å². The van der Waals surface area contributed by atoms with Crippen LogP contribution in [0.15, 0.2) is 36.7 Å². The van der Waals surface area contributed by atoms with E-state index in [1.54, 1.807) is 6.20 Å². The number of hydrogen-bond donors (Lipinski definition) is 1. The third kappa shape index (κ3) is 2.64. The minimum Gasteiger partial charge on any atom is -0.276 e. The molecule has 4 rings (SSSR count). The smallest absolute Gasteiger partial charge is 0.249 e. The van der Waals surface area contributed by atoms with Crippen molar-refractivity contribution in [3.05, 3.63) is 47.8 Å². The largest absolute Gasteiger partial charge is 0.276 e. The first-order chi connectivity index (χ1) is 11.6. The topological polar surface area (TPSA) is 73.5 Å². The Kier molecular flexibility index (Phi) is 3.52. The molecule has 4 aromatic rings. The average molecular weight is 321 g/mol. The average Bonchev–Trinajstić information content (AvgIpc) is 3.18. The zero-order valence-electron chi connectivity index (χ0n) is 14.1. The van der Waals surface area contributed by atoms with Crippen molar-refractivity contribution in [1.82, 2.24) is 25.1 Å². The number of hydrogen-bond acceptors (Lipinski definition) is 3. The summed E-state index contributed by atoms with van der Waals surface area (Å²) in [5, 5.41) is 15.1. The van der Waals surface area contributed by atoms with Gasteiger partial charge in [0.2, 0.25) is 5.52 Å². The number of rotatable bonds is 4. The number of pyridine rings is 1. The molecule has 1 unspecified atom stereocenters. The first kappa shape index (κ1) is 14.8. The highest BCUT2D eigenvalue weighted by molar-refractivity contribution is 5.73. The van der Waals surface area contributed by atoms with Crippen molar-refractivity contribution in [2.45, 2.75) is 39.2 Å². The minimum absolute atomic E-state index is 0.292. The van der Waals surface area contributed by atoms with Crippen LogP contribution < -0.4 is 5.10 Å². The van der Waals surface area contributed by atoms with E-state index in [4.69, 9.17) is 5.10 Å². The predicted octanol–water partition coefficient (Wildman–Crippen LogP) is 3.05. The molecule has 3 aromatic heterocycles. The number of aromatic amines is 2. The van der Waals surface area contributed by atoms with E-state index in [1.807, 2.05) is 11.0 Å². The molecule has 0 fully saturated rings. The van der Waals surface area contributed by atoms with Gasteiger partial charge in [-0.3, -0.25) is 10.1 Å². The maximum absolute atomic E-state index is 4.69. The van der Waals surface area contributed by atoms with Crippen LogP contribution in [0.5, 0.6) is 0 Å². The van der Waals surface area contributed by atoms with Gasteiger partial charge in [0.15, 0.2) is 5.52 Å². The molecule has 0 aliphatic heterocycles. The van der Waals surface area contributed by atoms with Gasteiger partial charge in [-0.05, 0) is 40.0 Å². The highest BCUT2D eigenvalue weighted by Gasteiger charge is 2.16. The summed E-state index contributed by atoms with van der Waals surface area (Å²) in [7, 11) is 0. The lowest BCUT2D eigenvalue weighted by Crippen LogP contribution is -2.22. The highest BCUT2D eigenvalue weighted by atomic mass is 15.5. The maximum Gasteiger partial charge on any atom is 0.249 e. The first-order valence-corrected chi connectivity index (χ1v) is 8.29. The third-order valence-electron chi connectivity index (χ3n) is 4.49. The molecule has 0 aliphatic carbocycles. The van der Waals surface area contributed by atoms with Crippen LogP contribution >= 0.6 is 0 Å². The predicted molar refractivity (Wildman–Crippen MR) is 92.7 cm³/mol. The van der Waals surface area contributed by atoms with Crippen molar-refractivity contribution in [2.24, 2.45) is 0 Å². The summed E-state index contributed by atoms with van der Waals surface area (Å²) < 4.78 is 0. The number of fused-ring (bicyclic) bond motifs is 2. The molecule has 2 N–H and O–H groups in total. The molecule has 3 heterocycles. The van der Waals surface area contributed by atoms with Crippen molar-refractivity contribution >= 4 is 22.1 Å². The Balaban J connectivity index is 1.60. The fourth-order valence-corrected chi connectivity index (χ4v) is 2.95. The molecule has 0 saturated heterocycles. The van der Waals surface area contributed by atoms with Gasteiger partial charge in [-0.2, -0.15) is 10.2 Å². The summed E-state index contributed by atoms with van der Waals surface area (Å²) in [6.07, 6.45) is 3.66. The Labute approximate surface area is 139 Å². The molecule has 24 heavy (non-hydrogen) atoms. The van der Waals surface area contributed by atoms with Crippen molar-refractivity contribution in [1.29, 1.82) is 0 Å². The molecular formula is C18H21N6+. The fraction of sp³-hybridized carbons (Fsp3) is 0.333. The van der Waals surface area contributed by atoms with Gasteiger partial charge in [-0.1, -0.05) is 26.8 Å². The number of nitrogens with one attached hydrogen (secondary N) is 2. The molecule has 0 saturated carbocycles. The zero-order chi connectivity index (χ0) is 16.7. The molecule has 0 spiro atoms. The summed E-state index contributed by atoms with van der Waals surface area (Å²) in [5.41, 5.74) is 6.41. The number of benzene rings is 1. The minimum atomic E-state index is 0.292. The van der Waals surface area contributed by atoms with Gasteiger partial charge < -0.3 is 0 Å².